The number of ether oxygens (including phenoxy) is 1. The van der Waals surface area contributed by atoms with Crippen molar-refractivity contribution in [3.8, 4) is 5.88 Å². The second kappa shape index (κ2) is 5.50. The maximum Gasteiger partial charge on any atom is 0.234 e. The Morgan fingerprint density at radius 3 is 2.93 bits per heavy atom. The maximum atomic E-state index is 11.2. The van der Waals surface area contributed by atoms with Crippen molar-refractivity contribution >= 4 is 23.5 Å². The van der Waals surface area contributed by atoms with Gasteiger partial charge in [0.1, 0.15) is 5.15 Å². The van der Waals surface area contributed by atoms with Gasteiger partial charge in [-0.25, -0.2) is 4.98 Å². The molecule has 5 nitrogen and oxygen atoms in total. The number of anilines is 1. The summed E-state index contributed by atoms with van der Waals surface area (Å²) in [6, 6.07) is 1.47. The van der Waals surface area contributed by atoms with Crippen molar-refractivity contribution in [1.82, 2.24) is 9.97 Å². The van der Waals surface area contributed by atoms with Crippen LogP contribution >= 0.6 is 11.6 Å². The number of halogens is 1. The average molecular weight is 230 g/mol. The fourth-order valence-electron chi connectivity index (χ4n) is 0.972. The Morgan fingerprint density at radius 1 is 1.60 bits per heavy atom. The van der Waals surface area contributed by atoms with Crippen LogP contribution in [0.4, 0.5) is 5.95 Å². The molecule has 0 aromatic carbocycles. The molecule has 0 aliphatic carbocycles. The largest absolute Gasteiger partial charge is 0.481 e. The molecule has 0 radical (unpaired) electrons. The molecule has 1 heterocycles. The molecule has 0 fully saturated rings. The first kappa shape index (κ1) is 11.7. The van der Waals surface area contributed by atoms with Gasteiger partial charge in [0.15, 0.2) is 0 Å². The van der Waals surface area contributed by atoms with Gasteiger partial charge in [0.05, 0.1) is 7.11 Å². The highest BCUT2D eigenvalue weighted by molar-refractivity contribution is 6.29. The van der Waals surface area contributed by atoms with Crippen LogP contribution < -0.4 is 10.1 Å². The highest BCUT2D eigenvalue weighted by atomic mass is 35.5. The zero-order valence-corrected chi connectivity index (χ0v) is 9.34. The number of methoxy groups -OCH3 is 1. The summed E-state index contributed by atoms with van der Waals surface area (Å²) in [6.45, 7) is 1.92. The molecule has 6 heteroatoms. The Hall–Kier alpha value is -1.36. The Balaban J connectivity index is 2.76. The summed E-state index contributed by atoms with van der Waals surface area (Å²) < 4.78 is 4.89. The number of nitrogens with one attached hydrogen (secondary N) is 1. The zero-order chi connectivity index (χ0) is 11.3. The monoisotopic (exact) mass is 229 g/mol. The van der Waals surface area contributed by atoms with Crippen molar-refractivity contribution < 1.29 is 9.53 Å². The van der Waals surface area contributed by atoms with E-state index in [2.05, 4.69) is 15.3 Å². The third kappa shape index (κ3) is 3.71. The number of aromatic nitrogens is 2. The van der Waals surface area contributed by atoms with Crippen molar-refractivity contribution in [1.29, 1.82) is 0 Å². The molecule has 0 saturated carbocycles. The van der Waals surface area contributed by atoms with E-state index in [1.165, 1.54) is 13.2 Å². The Kier molecular flexibility index (Phi) is 4.30. The minimum Gasteiger partial charge on any atom is -0.481 e. The van der Waals surface area contributed by atoms with E-state index in [0.29, 0.717) is 12.3 Å². The standard InChI is InChI=1S/C9H12ClN3O2/c1-3-4-7(14)12-9-11-6(10)5-8(13-9)15-2/h5H,3-4H2,1-2H3,(H,11,12,13,14). The minimum atomic E-state index is -0.137. The van der Waals surface area contributed by atoms with Crippen LogP contribution in [-0.2, 0) is 4.79 Å². The van der Waals surface area contributed by atoms with Crippen molar-refractivity contribution in [2.45, 2.75) is 19.8 Å². The van der Waals surface area contributed by atoms with Crippen LogP contribution in [0, 0.1) is 0 Å². The predicted molar refractivity (Wildman–Crippen MR) is 57.1 cm³/mol. The van der Waals surface area contributed by atoms with Crippen molar-refractivity contribution in [3.05, 3.63) is 11.2 Å². The number of rotatable bonds is 4. The van der Waals surface area contributed by atoms with Gasteiger partial charge in [-0.1, -0.05) is 18.5 Å². The van der Waals surface area contributed by atoms with E-state index < -0.39 is 0 Å². The molecule has 0 unspecified atom stereocenters. The van der Waals surface area contributed by atoms with Gasteiger partial charge in [0.25, 0.3) is 0 Å². The van der Waals surface area contributed by atoms with Crippen molar-refractivity contribution in [2.75, 3.05) is 12.4 Å². The van der Waals surface area contributed by atoms with Gasteiger partial charge in [0.2, 0.25) is 17.7 Å². The lowest BCUT2D eigenvalue weighted by molar-refractivity contribution is -0.116. The molecule has 0 aliphatic heterocycles. The summed E-state index contributed by atoms with van der Waals surface area (Å²) in [5.74, 6) is 0.349. The van der Waals surface area contributed by atoms with Gasteiger partial charge >= 0.3 is 0 Å². The molecule has 0 saturated heterocycles. The van der Waals surface area contributed by atoms with E-state index >= 15 is 0 Å². The van der Waals surface area contributed by atoms with Gasteiger partial charge in [-0.05, 0) is 6.42 Å². The van der Waals surface area contributed by atoms with E-state index in [0.717, 1.165) is 6.42 Å². The van der Waals surface area contributed by atoms with Gasteiger partial charge in [0, 0.05) is 12.5 Å². The molecule has 15 heavy (non-hydrogen) atoms. The summed E-state index contributed by atoms with van der Waals surface area (Å²) in [5, 5.41) is 2.76. The van der Waals surface area contributed by atoms with Crippen LogP contribution in [0.1, 0.15) is 19.8 Å². The predicted octanol–water partition coefficient (Wildman–Crippen LogP) is 1.88. The average Bonchev–Trinajstić information content (AvgIpc) is 2.17. The summed E-state index contributed by atoms with van der Waals surface area (Å²) in [7, 11) is 1.47. The summed E-state index contributed by atoms with van der Waals surface area (Å²) in [6.07, 6.45) is 1.20. The fraction of sp³-hybridized carbons (Fsp3) is 0.444. The van der Waals surface area contributed by atoms with Crippen molar-refractivity contribution in [3.63, 3.8) is 0 Å². The van der Waals surface area contributed by atoms with E-state index in [9.17, 15) is 4.79 Å². The van der Waals surface area contributed by atoms with Crippen molar-refractivity contribution in [2.24, 2.45) is 0 Å². The molecule has 0 atom stereocenters. The highest BCUT2D eigenvalue weighted by Gasteiger charge is 2.06. The first-order chi connectivity index (χ1) is 7.15. The van der Waals surface area contributed by atoms with Crippen LogP contribution in [-0.4, -0.2) is 23.0 Å². The molecular weight excluding hydrogens is 218 g/mol. The van der Waals surface area contributed by atoms with E-state index in [-0.39, 0.29) is 17.0 Å². The first-order valence-corrected chi connectivity index (χ1v) is 4.92. The summed E-state index contributed by atoms with van der Waals surface area (Å²) in [5.41, 5.74) is 0. The maximum absolute atomic E-state index is 11.2. The molecule has 0 bridgehead atoms. The summed E-state index contributed by atoms with van der Waals surface area (Å²) >= 11 is 5.71. The molecular formula is C9H12ClN3O2. The lowest BCUT2D eigenvalue weighted by atomic mass is 10.3. The zero-order valence-electron chi connectivity index (χ0n) is 8.58. The number of amides is 1. The SMILES string of the molecule is CCCC(=O)Nc1nc(Cl)cc(OC)n1. The topological polar surface area (TPSA) is 64.1 Å². The van der Waals surface area contributed by atoms with Gasteiger partial charge < -0.3 is 4.74 Å². The van der Waals surface area contributed by atoms with E-state index in [4.69, 9.17) is 16.3 Å². The van der Waals surface area contributed by atoms with E-state index in [1.54, 1.807) is 0 Å². The smallest absolute Gasteiger partial charge is 0.234 e. The molecule has 0 spiro atoms. The second-order valence-electron chi connectivity index (χ2n) is 2.85. The molecule has 0 aliphatic rings. The van der Waals surface area contributed by atoms with Crippen LogP contribution in [0.5, 0.6) is 5.88 Å². The lowest BCUT2D eigenvalue weighted by Crippen LogP contribution is -2.13. The van der Waals surface area contributed by atoms with Crippen LogP contribution in [0.15, 0.2) is 6.07 Å². The molecule has 1 N–H and O–H groups in total. The quantitative estimate of drug-likeness (QED) is 0.801. The molecule has 1 amide bonds. The lowest BCUT2D eigenvalue weighted by Gasteiger charge is -2.04. The second-order valence-corrected chi connectivity index (χ2v) is 3.24. The molecule has 82 valence electrons. The normalized spacial score (nSPS) is 9.80. The van der Waals surface area contributed by atoms with E-state index in [1.807, 2.05) is 6.92 Å². The van der Waals surface area contributed by atoms with Gasteiger partial charge in [-0.15, -0.1) is 0 Å². The molecule has 1 aromatic heterocycles. The molecule has 1 rings (SSSR count). The Bertz CT molecular complexity index is 357. The van der Waals surface area contributed by atoms with Gasteiger partial charge in [-0.2, -0.15) is 4.98 Å². The molecule has 1 aromatic rings. The number of carbonyl (C=O) groups is 1. The number of hydrogen-bond acceptors (Lipinski definition) is 4. The Morgan fingerprint density at radius 2 is 2.33 bits per heavy atom. The van der Waals surface area contributed by atoms with Crippen LogP contribution in [0.2, 0.25) is 5.15 Å². The third-order valence-corrected chi connectivity index (χ3v) is 1.80. The Labute approximate surface area is 92.8 Å². The highest BCUT2D eigenvalue weighted by Crippen LogP contribution is 2.15. The number of nitrogens with zero attached hydrogens (tertiary/aromatic N) is 2. The fourth-order valence-corrected chi connectivity index (χ4v) is 1.15. The summed E-state index contributed by atoms with van der Waals surface area (Å²) in [4.78, 5) is 19.0. The van der Waals surface area contributed by atoms with Crippen LogP contribution in [0.25, 0.3) is 0 Å². The first-order valence-electron chi connectivity index (χ1n) is 4.54. The third-order valence-electron chi connectivity index (χ3n) is 1.61. The number of hydrogen-bond donors (Lipinski definition) is 1. The van der Waals surface area contributed by atoms with Crippen LogP contribution in [0.3, 0.4) is 0 Å². The number of carbonyl (C=O) groups excluding carboxylic acids is 1. The minimum absolute atomic E-state index is 0.137. The van der Waals surface area contributed by atoms with Gasteiger partial charge in [-0.3, -0.25) is 10.1 Å².